The number of benzene rings is 1. The predicted molar refractivity (Wildman–Crippen MR) is 50.8 cm³/mol. The summed E-state index contributed by atoms with van der Waals surface area (Å²) >= 11 is -1.48. The maximum absolute atomic E-state index is 10.9. The minimum atomic E-state index is -1.48. The molecule has 0 saturated heterocycles. The fraction of sp³-hybridized carbons (Fsp3) is 0.250. The van der Waals surface area contributed by atoms with Crippen LogP contribution in [0.15, 0.2) is 24.3 Å². The molecule has 4 nitrogen and oxygen atoms in total. The lowest BCUT2D eigenvalue weighted by molar-refractivity contribution is 0.414. The lowest BCUT2D eigenvalue weighted by Crippen LogP contribution is -2.16. The fourth-order valence-electron chi connectivity index (χ4n) is 0.760. The van der Waals surface area contributed by atoms with Crippen LogP contribution in [0.1, 0.15) is 0 Å². The first kappa shape index (κ1) is 10.0. The van der Waals surface area contributed by atoms with E-state index in [0.29, 0.717) is 5.75 Å². The Morgan fingerprint density at radius 3 is 2.23 bits per heavy atom. The quantitative estimate of drug-likeness (QED) is 0.786. The molecule has 1 aromatic rings. The van der Waals surface area contributed by atoms with Crippen LogP contribution >= 0.6 is 0 Å². The second-order valence-corrected chi connectivity index (χ2v) is 3.24. The van der Waals surface area contributed by atoms with Gasteiger partial charge in [0.25, 0.3) is 11.3 Å². The van der Waals surface area contributed by atoms with Crippen molar-refractivity contribution in [1.29, 1.82) is 0 Å². The average Bonchev–Trinajstić information content (AvgIpc) is 2.19. The summed E-state index contributed by atoms with van der Waals surface area (Å²) in [6.07, 6.45) is 0. The number of nitrogens with one attached hydrogen (secondary N) is 1. The Labute approximate surface area is 79.7 Å². The third-order valence-corrected chi connectivity index (χ3v) is 2.08. The highest BCUT2D eigenvalue weighted by atomic mass is 32.2. The number of ether oxygens (including phenoxy) is 1. The lowest BCUT2D eigenvalue weighted by atomic mass is 10.3. The predicted octanol–water partition coefficient (Wildman–Crippen LogP) is 0.872. The van der Waals surface area contributed by atoms with Gasteiger partial charge in [0.1, 0.15) is 11.5 Å². The highest BCUT2D eigenvalue weighted by Gasteiger charge is 1.98. The Bertz CT molecular complexity index is 286. The normalized spacial score (nSPS) is 12.2. The summed E-state index contributed by atoms with van der Waals surface area (Å²) in [6.45, 7) is 0. The molecule has 1 N–H and O–H groups in total. The third-order valence-electron chi connectivity index (χ3n) is 1.40. The van der Waals surface area contributed by atoms with Crippen LogP contribution in [0.2, 0.25) is 0 Å². The second kappa shape index (κ2) is 4.84. The Morgan fingerprint density at radius 1 is 1.23 bits per heavy atom. The van der Waals surface area contributed by atoms with Crippen LogP contribution in [0.4, 0.5) is 0 Å². The number of hydrogen-bond donors (Lipinski definition) is 1. The third kappa shape index (κ3) is 3.04. The molecule has 0 saturated carbocycles. The molecule has 13 heavy (non-hydrogen) atoms. The molecule has 0 radical (unpaired) electrons. The molecule has 1 unspecified atom stereocenters. The van der Waals surface area contributed by atoms with Gasteiger partial charge in [-0.1, -0.05) is 0 Å². The van der Waals surface area contributed by atoms with Gasteiger partial charge in [-0.05, 0) is 31.3 Å². The SMILES string of the molecule is CNS(=O)Oc1ccc(OC)cc1. The maximum atomic E-state index is 10.9. The van der Waals surface area contributed by atoms with E-state index in [1.54, 1.807) is 38.4 Å². The molecule has 5 heteroatoms. The Kier molecular flexibility index (Phi) is 3.72. The van der Waals surface area contributed by atoms with Crippen LogP contribution in [0.25, 0.3) is 0 Å². The van der Waals surface area contributed by atoms with Gasteiger partial charge in [0.2, 0.25) is 0 Å². The van der Waals surface area contributed by atoms with Crippen molar-refractivity contribution in [2.24, 2.45) is 0 Å². The van der Waals surface area contributed by atoms with Crippen molar-refractivity contribution < 1.29 is 13.1 Å². The maximum Gasteiger partial charge on any atom is 0.287 e. The van der Waals surface area contributed by atoms with Crippen LogP contribution in [-0.2, 0) is 11.3 Å². The number of methoxy groups -OCH3 is 1. The zero-order valence-corrected chi connectivity index (χ0v) is 8.26. The van der Waals surface area contributed by atoms with E-state index in [1.807, 2.05) is 0 Å². The summed E-state index contributed by atoms with van der Waals surface area (Å²) in [5, 5.41) is 0. The molecular formula is C8H11NO3S. The first-order chi connectivity index (χ1) is 6.26. The smallest absolute Gasteiger partial charge is 0.287 e. The summed E-state index contributed by atoms with van der Waals surface area (Å²) in [5.41, 5.74) is 0. The van der Waals surface area contributed by atoms with Crippen LogP contribution in [0.3, 0.4) is 0 Å². The van der Waals surface area contributed by atoms with Crippen molar-refractivity contribution in [3.63, 3.8) is 0 Å². The van der Waals surface area contributed by atoms with Crippen molar-refractivity contribution in [3.05, 3.63) is 24.3 Å². The molecule has 0 bridgehead atoms. The van der Waals surface area contributed by atoms with E-state index >= 15 is 0 Å². The minimum absolute atomic E-state index is 0.536. The first-order valence-corrected chi connectivity index (χ1v) is 4.75. The summed E-state index contributed by atoms with van der Waals surface area (Å²) in [6, 6.07) is 6.85. The number of rotatable bonds is 4. The fourth-order valence-corrected chi connectivity index (χ4v) is 1.13. The molecule has 0 aliphatic carbocycles. The van der Waals surface area contributed by atoms with E-state index in [9.17, 15) is 4.21 Å². The zero-order chi connectivity index (χ0) is 9.68. The molecule has 0 aliphatic heterocycles. The van der Waals surface area contributed by atoms with E-state index in [0.717, 1.165) is 5.75 Å². The van der Waals surface area contributed by atoms with E-state index in [-0.39, 0.29) is 0 Å². The van der Waals surface area contributed by atoms with Crippen LogP contribution in [0, 0.1) is 0 Å². The summed E-state index contributed by atoms with van der Waals surface area (Å²) in [4.78, 5) is 0. The highest BCUT2D eigenvalue weighted by molar-refractivity contribution is 7.78. The van der Waals surface area contributed by atoms with E-state index in [1.165, 1.54) is 0 Å². The molecule has 0 heterocycles. The van der Waals surface area contributed by atoms with E-state index in [4.69, 9.17) is 8.92 Å². The van der Waals surface area contributed by atoms with Gasteiger partial charge in [-0.2, -0.15) is 4.21 Å². The molecule has 0 spiro atoms. The molecule has 1 atom stereocenters. The topological polar surface area (TPSA) is 47.6 Å². The van der Waals surface area contributed by atoms with E-state index in [2.05, 4.69) is 4.72 Å². The van der Waals surface area contributed by atoms with Crippen LogP contribution < -0.4 is 13.6 Å². The largest absolute Gasteiger partial charge is 0.497 e. The Balaban J connectivity index is 2.64. The van der Waals surface area contributed by atoms with Crippen molar-refractivity contribution in [2.45, 2.75) is 0 Å². The van der Waals surface area contributed by atoms with Gasteiger partial charge in [-0.15, -0.1) is 0 Å². The molecular weight excluding hydrogens is 190 g/mol. The van der Waals surface area contributed by atoms with Gasteiger partial charge < -0.3 is 8.92 Å². The van der Waals surface area contributed by atoms with Gasteiger partial charge in [-0.25, -0.2) is 4.72 Å². The second-order valence-electron chi connectivity index (χ2n) is 2.20. The monoisotopic (exact) mass is 201 g/mol. The minimum Gasteiger partial charge on any atom is -0.497 e. The van der Waals surface area contributed by atoms with Gasteiger partial charge in [-0.3, -0.25) is 0 Å². The first-order valence-electron chi connectivity index (χ1n) is 3.68. The molecule has 0 amide bonds. The highest BCUT2D eigenvalue weighted by Crippen LogP contribution is 2.17. The molecule has 0 aliphatic rings. The Hall–Kier alpha value is -1.07. The lowest BCUT2D eigenvalue weighted by Gasteiger charge is -2.03. The Morgan fingerprint density at radius 2 is 1.77 bits per heavy atom. The molecule has 0 aromatic heterocycles. The van der Waals surface area contributed by atoms with E-state index < -0.39 is 11.3 Å². The average molecular weight is 201 g/mol. The van der Waals surface area contributed by atoms with Crippen molar-refractivity contribution in [3.8, 4) is 11.5 Å². The van der Waals surface area contributed by atoms with Gasteiger partial charge in [0.15, 0.2) is 0 Å². The summed E-state index contributed by atoms with van der Waals surface area (Å²) in [7, 11) is 3.14. The zero-order valence-electron chi connectivity index (χ0n) is 7.44. The molecule has 1 rings (SSSR count). The number of hydrogen-bond acceptors (Lipinski definition) is 3. The van der Waals surface area contributed by atoms with Gasteiger partial charge in [0, 0.05) is 0 Å². The standard InChI is InChI=1S/C8H11NO3S/c1-9-13(10)12-8-5-3-7(11-2)4-6-8/h3-6,9H,1-2H3. The van der Waals surface area contributed by atoms with Gasteiger partial charge >= 0.3 is 0 Å². The van der Waals surface area contributed by atoms with Crippen molar-refractivity contribution >= 4 is 11.3 Å². The molecule has 72 valence electrons. The molecule has 0 fully saturated rings. The van der Waals surface area contributed by atoms with Crippen molar-refractivity contribution in [1.82, 2.24) is 4.72 Å². The summed E-state index contributed by atoms with van der Waals surface area (Å²) in [5.74, 6) is 1.27. The van der Waals surface area contributed by atoms with Crippen LogP contribution in [-0.4, -0.2) is 18.4 Å². The van der Waals surface area contributed by atoms with Gasteiger partial charge in [0.05, 0.1) is 7.11 Å². The van der Waals surface area contributed by atoms with Crippen molar-refractivity contribution in [2.75, 3.05) is 14.2 Å². The summed E-state index contributed by atoms with van der Waals surface area (Å²) < 4.78 is 23.3. The van der Waals surface area contributed by atoms with Crippen LogP contribution in [0.5, 0.6) is 11.5 Å². The molecule has 1 aromatic carbocycles.